The van der Waals surface area contributed by atoms with Crippen molar-refractivity contribution in [3.63, 3.8) is 0 Å². The van der Waals surface area contributed by atoms with Crippen LogP contribution in [0.1, 0.15) is 13.3 Å². The van der Waals surface area contributed by atoms with Gasteiger partial charge >= 0.3 is 0 Å². The van der Waals surface area contributed by atoms with E-state index in [1.165, 1.54) is 0 Å². The Bertz CT molecular complexity index is 418. The first-order valence-corrected chi connectivity index (χ1v) is 7.02. The Morgan fingerprint density at radius 1 is 1.26 bits per heavy atom. The number of hydrogen-bond donors (Lipinski definition) is 1. The third kappa shape index (κ3) is 3.01. The van der Waals surface area contributed by atoms with Crippen LogP contribution in [0, 0.1) is 5.92 Å². The van der Waals surface area contributed by atoms with Gasteiger partial charge in [-0.1, -0.05) is 12.1 Å². The average Bonchev–Trinajstić information content (AvgIpc) is 2.99. The number of rotatable bonds is 4. The van der Waals surface area contributed by atoms with E-state index in [9.17, 15) is 0 Å². The van der Waals surface area contributed by atoms with E-state index in [2.05, 4.69) is 12.2 Å². The summed E-state index contributed by atoms with van der Waals surface area (Å²) in [4.78, 5) is 0. The molecular formula is C15H21NO3. The van der Waals surface area contributed by atoms with Crippen LogP contribution in [0.25, 0.3) is 0 Å². The Kier molecular flexibility index (Phi) is 3.89. The summed E-state index contributed by atoms with van der Waals surface area (Å²) in [7, 11) is 0. The summed E-state index contributed by atoms with van der Waals surface area (Å²) >= 11 is 0. The molecule has 0 amide bonds. The van der Waals surface area contributed by atoms with Gasteiger partial charge in [-0.3, -0.25) is 0 Å². The van der Waals surface area contributed by atoms with Gasteiger partial charge in [0.05, 0.1) is 6.61 Å². The normalized spacial score (nSPS) is 27.2. The molecule has 2 heterocycles. The van der Waals surface area contributed by atoms with Crippen LogP contribution in [0.5, 0.6) is 11.5 Å². The molecule has 1 aromatic rings. The molecule has 1 fully saturated rings. The van der Waals surface area contributed by atoms with Crippen molar-refractivity contribution in [3.05, 3.63) is 24.3 Å². The van der Waals surface area contributed by atoms with Crippen LogP contribution >= 0.6 is 0 Å². The minimum atomic E-state index is 0.0830. The fourth-order valence-corrected chi connectivity index (χ4v) is 2.59. The lowest BCUT2D eigenvalue weighted by atomic mass is 10.0. The monoisotopic (exact) mass is 263 g/mol. The van der Waals surface area contributed by atoms with Gasteiger partial charge in [0.1, 0.15) is 12.7 Å². The molecule has 4 heteroatoms. The Balaban J connectivity index is 1.49. The summed E-state index contributed by atoms with van der Waals surface area (Å²) in [5.41, 5.74) is 0. The fraction of sp³-hybridized carbons (Fsp3) is 0.600. The van der Waals surface area contributed by atoms with Crippen LogP contribution in [-0.2, 0) is 4.74 Å². The van der Waals surface area contributed by atoms with Gasteiger partial charge < -0.3 is 19.5 Å². The second-order valence-corrected chi connectivity index (χ2v) is 5.32. The molecule has 0 spiro atoms. The molecule has 3 rings (SSSR count). The summed E-state index contributed by atoms with van der Waals surface area (Å²) in [6.45, 7) is 5.41. The maximum absolute atomic E-state index is 5.93. The predicted molar refractivity (Wildman–Crippen MR) is 72.7 cm³/mol. The van der Waals surface area contributed by atoms with Crippen LogP contribution in [0.2, 0.25) is 0 Å². The van der Waals surface area contributed by atoms with E-state index in [4.69, 9.17) is 14.2 Å². The van der Waals surface area contributed by atoms with Crippen LogP contribution in [0.3, 0.4) is 0 Å². The lowest BCUT2D eigenvalue weighted by Crippen LogP contribution is -2.44. The number of hydrogen-bond acceptors (Lipinski definition) is 4. The van der Waals surface area contributed by atoms with Gasteiger partial charge in [0, 0.05) is 19.2 Å². The first-order chi connectivity index (χ1) is 9.33. The van der Waals surface area contributed by atoms with Crippen molar-refractivity contribution < 1.29 is 14.2 Å². The zero-order valence-electron chi connectivity index (χ0n) is 11.3. The van der Waals surface area contributed by atoms with Gasteiger partial charge in [-0.25, -0.2) is 0 Å². The summed E-state index contributed by atoms with van der Waals surface area (Å²) < 4.78 is 17.1. The van der Waals surface area contributed by atoms with Gasteiger partial charge in [0.25, 0.3) is 0 Å². The quantitative estimate of drug-likeness (QED) is 0.900. The van der Waals surface area contributed by atoms with Crippen LogP contribution in [-0.4, -0.2) is 38.5 Å². The molecule has 0 radical (unpaired) electrons. The van der Waals surface area contributed by atoms with Gasteiger partial charge in [-0.05, 0) is 31.4 Å². The summed E-state index contributed by atoms with van der Waals surface area (Å²) in [6, 6.07) is 8.29. The van der Waals surface area contributed by atoms with E-state index in [0.717, 1.165) is 37.7 Å². The van der Waals surface area contributed by atoms with Crippen LogP contribution in [0.4, 0.5) is 0 Å². The zero-order chi connectivity index (χ0) is 13.1. The molecule has 0 aromatic heterocycles. The van der Waals surface area contributed by atoms with Crippen LogP contribution < -0.4 is 14.8 Å². The van der Waals surface area contributed by atoms with E-state index in [1.807, 2.05) is 24.3 Å². The average molecular weight is 263 g/mol. The van der Waals surface area contributed by atoms with Crippen molar-refractivity contribution in [1.29, 1.82) is 0 Å². The smallest absolute Gasteiger partial charge is 0.161 e. The standard InChI is InChI=1S/C15H21NO3/c1-11(12-6-7-17-9-12)16-8-13-10-18-14-4-2-3-5-15(14)19-13/h2-5,11-13,16H,6-10H2,1H3. The molecular weight excluding hydrogens is 242 g/mol. The number of fused-ring (bicyclic) bond motifs is 1. The fourth-order valence-electron chi connectivity index (χ4n) is 2.59. The number of benzene rings is 1. The molecule has 2 aliphatic heterocycles. The molecule has 0 saturated carbocycles. The van der Waals surface area contributed by atoms with Crippen molar-refractivity contribution in [2.24, 2.45) is 5.92 Å². The highest BCUT2D eigenvalue weighted by Crippen LogP contribution is 2.30. The summed E-state index contributed by atoms with van der Waals surface area (Å²) in [6.07, 6.45) is 1.23. The second-order valence-electron chi connectivity index (χ2n) is 5.32. The molecule has 104 valence electrons. The van der Waals surface area contributed by atoms with E-state index in [0.29, 0.717) is 18.6 Å². The maximum atomic E-state index is 5.93. The van der Waals surface area contributed by atoms with Crippen LogP contribution in [0.15, 0.2) is 24.3 Å². The lowest BCUT2D eigenvalue weighted by molar-refractivity contribution is 0.0860. The van der Waals surface area contributed by atoms with Gasteiger partial charge in [0.15, 0.2) is 11.5 Å². The predicted octanol–water partition coefficient (Wildman–Crippen LogP) is 1.84. The topological polar surface area (TPSA) is 39.7 Å². The Morgan fingerprint density at radius 3 is 2.89 bits per heavy atom. The molecule has 2 aliphatic rings. The highest BCUT2D eigenvalue weighted by Gasteiger charge is 2.25. The number of ether oxygens (including phenoxy) is 3. The second kappa shape index (κ2) is 5.80. The van der Waals surface area contributed by atoms with Crippen molar-refractivity contribution in [3.8, 4) is 11.5 Å². The lowest BCUT2D eigenvalue weighted by Gasteiger charge is -2.28. The first-order valence-electron chi connectivity index (χ1n) is 7.02. The Hall–Kier alpha value is -1.26. The molecule has 3 atom stereocenters. The minimum Gasteiger partial charge on any atom is -0.486 e. The zero-order valence-corrected chi connectivity index (χ0v) is 11.3. The van der Waals surface area contributed by atoms with Gasteiger partial charge in [-0.2, -0.15) is 0 Å². The van der Waals surface area contributed by atoms with Crippen molar-refractivity contribution in [2.75, 3.05) is 26.4 Å². The molecule has 19 heavy (non-hydrogen) atoms. The van der Waals surface area contributed by atoms with Crippen molar-refractivity contribution >= 4 is 0 Å². The third-order valence-electron chi connectivity index (χ3n) is 3.91. The molecule has 0 aliphatic carbocycles. The molecule has 1 saturated heterocycles. The largest absolute Gasteiger partial charge is 0.486 e. The van der Waals surface area contributed by atoms with E-state index < -0.39 is 0 Å². The minimum absolute atomic E-state index is 0.0830. The Morgan fingerprint density at radius 2 is 2.11 bits per heavy atom. The maximum Gasteiger partial charge on any atom is 0.161 e. The molecule has 1 N–H and O–H groups in total. The highest BCUT2D eigenvalue weighted by molar-refractivity contribution is 5.40. The number of nitrogens with one attached hydrogen (secondary N) is 1. The number of para-hydroxylation sites is 2. The Labute approximate surface area is 114 Å². The first kappa shape index (κ1) is 12.8. The molecule has 1 aromatic carbocycles. The van der Waals surface area contributed by atoms with E-state index in [1.54, 1.807) is 0 Å². The van der Waals surface area contributed by atoms with E-state index in [-0.39, 0.29) is 6.10 Å². The highest BCUT2D eigenvalue weighted by atomic mass is 16.6. The SMILES string of the molecule is CC(NCC1COc2ccccc2O1)C1CCOC1. The molecule has 4 nitrogen and oxygen atoms in total. The third-order valence-corrected chi connectivity index (χ3v) is 3.91. The van der Waals surface area contributed by atoms with Crippen molar-refractivity contribution in [1.82, 2.24) is 5.32 Å². The van der Waals surface area contributed by atoms with Gasteiger partial charge in [0.2, 0.25) is 0 Å². The van der Waals surface area contributed by atoms with Gasteiger partial charge in [-0.15, -0.1) is 0 Å². The van der Waals surface area contributed by atoms with Crippen molar-refractivity contribution in [2.45, 2.75) is 25.5 Å². The summed E-state index contributed by atoms with van der Waals surface area (Å²) in [5.74, 6) is 2.31. The molecule has 3 unspecified atom stereocenters. The van der Waals surface area contributed by atoms with E-state index >= 15 is 0 Å². The summed E-state index contributed by atoms with van der Waals surface area (Å²) in [5, 5.41) is 3.54. The molecule has 0 bridgehead atoms.